The molecular formula is C16H21NO3S. The van der Waals surface area contributed by atoms with Crippen LogP contribution in [0.15, 0.2) is 18.2 Å². The van der Waals surface area contributed by atoms with Crippen LogP contribution in [0.5, 0.6) is 11.5 Å². The summed E-state index contributed by atoms with van der Waals surface area (Å²) in [6, 6.07) is 6.03. The summed E-state index contributed by atoms with van der Waals surface area (Å²) < 4.78 is 11.2. The Morgan fingerprint density at radius 3 is 2.95 bits per heavy atom. The van der Waals surface area contributed by atoms with E-state index in [9.17, 15) is 4.79 Å². The Hall–Kier alpha value is -1.36. The fourth-order valence-corrected chi connectivity index (χ4v) is 3.95. The van der Waals surface area contributed by atoms with Gasteiger partial charge in [0.15, 0.2) is 11.5 Å². The van der Waals surface area contributed by atoms with Crippen LogP contribution >= 0.6 is 11.8 Å². The number of rotatable bonds is 4. The van der Waals surface area contributed by atoms with Gasteiger partial charge in [0.25, 0.3) is 0 Å². The first-order chi connectivity index (χ1) is 10.3. The lowest BCUT2D eigenvalue weighted by molar-refractivity contribution is -0.131. The molecule has 2 aliphatic heterocycles. The minimum absolute atomic E-state index is 0.116. The van der Waals surface area contributed by atoms with Gasteiger partial charge in [0.05, 0.1) is 0 Å². The molecule has 3 rings (SSSR count). The molecule has 1 unspecified atom stereocenters. The van der Waals surface area contributed by atoms with Crippen LogP contribution in [0, 0.1) is 0 Å². The van der Waals surface area contributed by atoms with Crippen LogP contribution in [0.3, 0.4) is 0 Å². The minimum atomic E-state index is 0.116. The number of fused-ring (bicyclic) bond motifs is 1. The van der Waals surface area contributed by atoms with Gasteiger partial charge in [-0.15, -0.1) is 11.8 Å². The van der Waals surface area contributed by atoms with E-state index >= 15 is 0 Å². The first kappa shape index (κ1) is 14.6. The molecule has 0 radical (unpaired) electrons. The van der Waals surface area contributed by atoms with E-state index in [0.29, 0.717) is 19.6 Å². The van der Waals surface area contributed by atoms with Gasteiger partial charge in [0, 0.05) is 18.7 Å². The van der Waals surface area contributed by atoms with E-state index < -0.39 is 0 Å². The Kier molecular flexibility index (Phi) is 4.58. The van der Waals surface area contributed by atoms with Crippen LogP contribution in [-0.4, -0.2) is 36.3 Å². The zero-order valence-corrected chi connectivity index (χ0v) is 13.2. The van der Waals surface area contributed by atoms with Gasteiger partial charge in [-0.25, -0.2) is 0 Å². The fraction of sp³-hybridized carbons (Fsp3) is 0.562. The molecule has 0 aliphatic carbocycles. The van der Waals surface area contributed by atoms with Crippen molar-refractivity contribution in [1.82, 2.24) is 4.90 Å². The van der Waals surface area contributed by atoms with E-state index in [1.165, 1.54) is 0 Å². The third-order valence-corrected chi connectivity index (χ3v) is 5.07. The van der Waals surface area contributed by atoms with Gasteiger partial charge >= 0.3 is 0 Å². The van der Waals surface area contributed by atoms with Crippen molar-refractivity contribution in [2.24, 2.45) is 0 Å². The quantitative estimate of drug-likeness (QED) is 0.856. The molecule has 1 amide bonds. The molecule has 0 saturated carbocycles. The van der Waals surface area contributed by atoms with Crippen molar-refractivity contribution in [3.8, 4) is 11.5 Å². The average molecular weight is 307 g/mol. The van der Waals surface area contributed by atoms with Gasteiger partial charge in [0.2, 0.25) is 5.91 Å². The van der Waals surface area contributed by atoms with Crippen molar-refractivity contribution in [1.29, 1.82) is 0 Å². The van der Waals surface area contributed by atoms with Gasteiger partial charge in [-0.2, -0.15) is 0 Å². The van der Waals surface area contributed by atoms with Crippen molar-refractivity contribution < 1.29 is 14.3 Å². The highest BCUT2D eigenvalue weighted by Crippen LogP contribution is 2.41. The SMILES string of the molecule is CCCCC(=O)N1CCSC1c1ccc2c(c1)OCCO2. The minimum Gasteiger partial charge on any atom is -0.486 e. The van der Waals surface area contributed by atoms with Gasteiger partial charge in [-0.1, -0.05) is 19.4 Å². The molecule has 114 valence electrons. The molecule has 2 heterocycles. The molecule has 1 atom stereocenters. The lowest BCUT2D eigenvalue weighted by Gasteiger charge is -2.26. The van der Waals surface area contributed by atoms with Crippen LogP contribution in [0.1, 0.15) is 37.1 Å². The number of ether oxygens (including phenoxy) is 2. The zero-order chi connectivity index (χ0) is 14.7. The number of unbranched alkanes of at least 4 members (excludes halogenated alkanes) is 1. The maximum atomic E-state index is 12.3. The molecule has 0 bridgehead atoms. The molecule has 1 aromatic rings. The van der Waals surface area contributed by atoms with Crippen LogP contribution in [-0.2, 0) is 4.79 Å². The summed E-state index contributed by atoms with van der Waals surface area (Å²) in [6.07, 6.45) is 2.67. The topological polar surface area (TPSA) is 38.8 Å². The molecule has 4 nitrogen and oxygen atoms in total. The van der Waals surface area contributed by atoms with Gasteiger partial charge in [0.1, 0.15) is 18.6 Å². The second kappa shape index (κ2) is 6.60. The van der Waals surface area contributed by atoms with Crippen LogP contribution < -0.4 is 9.47 Å². The van der Waals surface area contributed by atoms with Gasteiger partial charge in [-0.3, -0.25) is 4.79 Å². The fourth-order valence-electron chi connectivity index (χ4n) is 2.69. The molecule has 1 saturated heterocycles. The van der Waals surface area contributed by atoms with Crippen LogP contribution in [0.2, 0.25) is 0 Å². The summed E-state index contributed by atoms with van der Waals surface area (Å²) in [7, 11) is 0. The molecule has 1 fully saturated rings. The Balaban J connectivity index is 1.77. The number of hydrogen-bond donors (Lipinski definition) is 0. The first-order valence-electron chi connectivity index (χ1n) is 7.60. The van der Waals surface area contributed by atoms with Crippen molar-refractivity contribution in [2.75, 3.05) is 25.5 Å². The number of carbonyl (C=O) groups is 1. The van der Waals surface area contributed by atoms with Crippen LogP contribution in [0.25, 0.3) is 0 Å². The van der Waals surface area contributed by atoms with Crippen molar-refractivity contribution in [3.05, 3.63) is 23.8 Å². The molecule has 5 heteroatoms. The van der Waals surface area contributed by atoms with E-state index in [-0.39, 0.29) is 11.3 Å². The monoisotopic (exact) mass is 307 g/mol. The smallest absolute Gasteiger partial charge is 0.223 e. The maximum Gasteiger partial charge on any atom is 0.223 e. The summed E-state index contributed by atoms with van der Waals surface area (Å²) >= 11 is 1.82. The number of thioether (sulfide) groups is 1. The molecule has 21 heavy (non-hydrogen) atoms. The second-order valence-corrected chi connectivity index (χ2v) is 6.51. The predicted molar refractivity (Wildman–Crippen MR) is 83.9 cm³/mol. The molecule has 2 aliphatic rings. The number of hydrogen-bond acceptors (Lipinski definition) is 4. The summed E-state index contributed by atoms with van der Waals surface area (Å²) in [5.41, 5.74) is 1.13. The van der Waals surface area contributed by atoms with E-state index in [4.69, 9.17) is 9.47 Å². The molecule has 1 aromatic carbocycles. The zero-order valence-electron chi connectivity index (χ0n) is 12.3. The molecule has 0 N–H and O–H groups in total. The third-order valence-electron chi connectivity index (χ3n) is 3.81. The van der Waals surface area contributed by atoms with Crippen molar-refractivity contribution in [2.45, 2.75) is 31.6 Å². The van der Waals surface area contributed by atoms with E-state index in [1.54, 1.807) is 0 Å². The average Bonchev–Trinajstić information content (AvgIpc) is 3.01. The largest absolute Gasteiger partial charge is 0.486 e. The number of amides is 1. The number of benzene rings is 1. The number of nitrogens with zero attached hydrogens (tertiary/aromatic N) is 1. The normalized spacial score (nSPS) is 20.6. The van der Waals surface area contributed by atoms with E-state index in [0.717, 1.165) is 42.2 Å². The predicted octanol–water partition coefficient (Wildman–Crippen LogP) is 3.22. The van der Waals surface area contributed by atoms with Gasteiger partial charge in [-0.05, 0) is 24.1 Å². The van der Waals surface area contributed by atoms with Gasteiger partial charge < -0.3 is 14.4 Å². The van der Waals surface area contributed by atoms with E-state index in [1.807, 2.05) is 28.8 Å². The molecule has 0 spiro atoms. The van der Waals surface area contributed by atoms with Crippen molar-refractivity contribution >= 4 is 17.7 Å². The van der Waals surface area contributed by atoms with Crippen molar-refractivity contribution in [3.63, 3.8) is 0 Å². The Morgan fingerprint density at radius 1 is 1.33 bits per heavy atom. The van der Waals surface area contributed by atoms with Crippen LogP contribution in [0.4, 0.5) is 0 Å². The highest BCUT2D eigenvalue weighted by molar-refractivity contribution is 7.99. The lowest BCUT2D eigenvalue weighted by Crippen LogP contribution is -2.30. The second-order valence-electron chi connectivity index (χ2n) is 5.32. The summed E-state index contributed by atoms with van der Waals surface area (Å²) in [5.74, 6) is 2.86. The highest BCUT2D eigenvalue weighted by atomic mass is 32.2. The summed E-state index contributed by atoms with van der Waals surface area (Å²) in [4.78, 5) is 14.3. The Labute approximate surface area is 129 Å². The first-order valence-corrected chi connectivity index (χ1v) is 8.65. The highest BCUT2D eigenvalue weighted by Gasteiger charge is 2.31. The Morgan fingerprint density at radius 2 is 2.14 bits per heavy atom. The molecular weight excluding hydrogens is 286 g/mol. The summed E-state index contributed by atoms with van der Waals surface area (Å²) in [6.45, 7) is 4.15. The maximum absolute atomic E-state index is 12.3. The van der Waals surface area contributed by atoms with E-state index in [2.05, 4.69) is 13.0 Å². The Bertz CT molecular complexity index is 520. The standard InChI is InChI=1S/C16H21NO3S/c1-2-3-4-15(18)17-7-10-21-16(17)12-5-6-13-14(11-12)20-9-8-19-13/h5-6,11,16H,2-4,7-10H2,1H3. The lowest BCUT2D eigenvalue weighted by atomic mass is 10.1. The third kappa shape index (κ3) is 3.12. The molecule has 0 aromatic heterocycles. The number of carbonyl (C=O) groups excluding carboxylic acids is 1. The summed E-state index contributed by atoms with van der Waals surface area (Å²) in [5, 5.41) is 0.116.